The number of para-hydroxylation sites is 1. The highest BCUT2D eigenvalue weighted by Crippen LogP contribution is 2.29. The molecule has 5 nitrogen and oxygen atoms in total. The molecule has 6 heteroatoms. The van der Waals surface area contributed by atoms with Gasteiger partial charge in [-0.1, -0.05) is 19.1 Å². The van der Waals surface area contributed by atoms with Gasteiger partial charge in [-0.3, -0.25) is 14.2 Å². The number of rotatable bonds is 6. The lowest BCUT2D eigenvalue weighted by atomic mass is 9.93. The predicted octanol–water partition coefficient (Wildman–Crippen LogP) is 3.50. The second-order valence-electron chi connectivity index (χ2n) is 6.88. The summed E-state index contributed by atoms with van der Waals surface area (Å²) < 4.78 is 1.56. The number of aromatic nitrogens is 2. The van der Waals surface area contributed by atoms with E-state index in [1.807, 2.05) is 45.9 Å². The molecule has 2 rings (SSSR count). The average Bonchev–Trinajstić information content (AvgIpc) is 2.62. The van der Waals surface area contributed by atoms with Crippen LogP contribution >= 0.6 is 11.6 Å². The van der Waals surface area contributed by atoms with Gasteiger partial charge in [0.1, 0.15) is 5.82 Å². The number of hydrogen-bond acceptors (Lipinski definition) is 3. The molecule has 1 amide bonds. The lowest BCUT2D eigenvalue weighted by Gasteiger charge is -2.36. The van der Waals surface area contributed by atoms with E-state index in [2.05, 4.69) is 0 Å². The molecule has 1 aromatic carbocycles. The van der Waals surface area contributed by atoms with Gasteiger partial charge in [0.25, 0.3) is 5.56 Å². The van der Waals surface area contributed by atoms with Crippen molar-refractivity contribution in [2.24, 2.45) is 12.5 Å². The predicted molar refractivity (Wildman–Crippen MR) is 102 cm³/mol. The maximum absolute atomic E-state index is 13.0. The highest BCUT2D eigenvalue weighted by Gasteiger charge is 2.35. The van der Waals surface area contributed by atoms with Crippen LogP contribution in [0.4, 0.5) is 0 Å². The summed E-state index contributed by atoms with van der Waals surface area (Å²) in [7, 11) is 1.71. The van der Waals surface area contributed by atoms with E-state index in [9.17, 15) is 9.59 Å². The number of hydrogen-bond donors (Lipinski definition) is 0. The van der Waals surface area contributed by atoms with Crippen LogP contribution in [0.5, 0.6) is 0 Å². The van der Waals surface area contributed by atoms with E-state index in [0.717, 1.165) is 0 Å². The average molecular weight is 364 g/mol. The summed E-state index contributed by atoms with van der Waals surface area (Å²) in [5.74, 6) is 0.814. The van der Waals surface area contributed by atoms with Gasteiger partial charge < -0.3 is 4.90 Å². The second-order valence-corrected chi connectivity index (χ2v) is 7.15. The number of nitrogens with zero attached hydrogens (tertiary/aromatic N) is 3. The van der Waals surface area contributed by atoms with Gasteiger partial charge in [-0.15, -0.1) is 11.6 Å². The van der Waals surface area contributed by atoms with Crippen LogP contribution in [0, 0.1) is 5.41 Å². The molecule has 1 aromatic heterocycles. The first-order valence-electron chi connectivity index (χ1n) is 8.61. The van der Waals surface area contributed by atoms with Gasteiger partial charge in [0.2, 0.25) is 5.91 Å². The minimum atomic E-state index is -0.666. The molecule has 25 heavy (non-hydrogen) atoms. The quantitative estimate of drug-likeness (QED) is 0.738. The lowest BCUT2D eigenvalue weighted by Crippen LogP contribution is -2.45. The van der Waals surface area contributed by atoms with E-state index in [1.54, 1.807) is 22.6 Å². The molecule has 0 spiro atoms. The number of carbonyl (C=O) groups is 1. The Bertz CT molecular complexity index is 829. The number of benzene rings is 1. The Morgan fingerprint density at radius 2 is 1.96 bits per heavy atom. The molecule has 0 N–H and O–H groups in total. The first-order chi connectivity index (χ1) is 11.8. The molecule has 0 aliphatic carbocycles. The molecule has 1 unspecified atom stereocenters. The van der Waals surface area contributed by atoms with Crippen molar-refractivity contribution in [2.75, 3.05) is 12.4 Å². The summed E-state index contributed by atoms with van der Waals surface area (Å²) in [4.78, 5) is 32.2. The van der Waals surface area contributed by atoms with Crippen LogP contribution in [0.15, 0.2) is 29.1 Å². The van der Waals surface area contributed by atoms with Crippen molar-refractivity contribution in [3.63, 3.8) is 0 Å². The number of alkyl halides is 1. The third kappa shape index (κ3) is 3.56. The van der Waals surface area contributed by atoms with E-state index < -0.39 is 5.41 Å². The van der Waals surface area contributed by atoms with Gasteiger partial charge in [-0.25, -0.2) is 4.98 Å². The fourth-order valence-corrected chi connectivity index (χ4v) is 3.14. The third-order valence-electron chi connectivity index (χ3n) is 4.59. The Hall–Kier alpha value is -1.88. The van der Waals surface area contributed by atoms with Crippen molar-refractivity contribution in [1.29, 1.82) is 0 Å². The summed E-state index contributed by atoms with van der Waals surface area (Å²) >= 11 is 6.00. The number of amides is 1. The smallest absolute Gasteiger partial charge is 0.261 e. The molecule has 136 valence electrons. The summed E-state index contributed by atoms with van der Waals surface area (Å²) in [6.45, 7) is 8.13. The molecule has 1 heterocycles. The van der Waals surface area contributed by atoms with Gasteiger partial charge in [0, 0.05) is 19.5 Å². The summed E-state index contributed by atoms with van der Waals surface area (Å²) in [6.07, 6.45) is 0.663. The van der Waals surface area contributed by atoms with Gasteiger partial charge in [0.15, 0.2) is 0 Å². The molecule has 0 radical (unpaired) electrons. The second kappa shape index (κ2) is 7.56. The van der Waals surface area contributed by atoms with Crippen LogP contribution in [-0.2, 0) is 11.8 Å². The van der Waals surface area contributed by atoms with E-state index in [0.29, 0.717) is 29.7 Å². The van der Waals surface area contributed by atoms with Crippen LogP contribution in [0.1, 0.15) is 46.0 Å². The molecule has 0 aliphatic heterocycles. The molecule has 1 atom stereocenters. The zero-order valence-electron chi connectivity index (χ0n) is 15.5. The fraction of sp³-hybridized carbons (Fsp3) is 0.526. The molecule has 2 aromatic rings. The van der Waals surface area contributed by atoms with Crippen molar-refractivity contribution >= 4 is 28.4 Å². The van der Waals surface area contributed by atoms with Gasteiger partial charge in [-0.2, -0.15) is 0 Å². The Morgan fingerprint density at radius 1 is 1.32 bits per heavy atom. The van der Waals surface area contributed by atoms with Crippen LogP contribution in [-0.4, -0.2) is 32.8 Å². The van der Waals surface area contributed by atoms with E-state index in [-0.39, 0.29) is 23.4 Å². The molecule has 0 aliphatic rings. The van der Waals surface area contributed by atoms with Gasteiger partial charge >= 0.3 is 0 Å². The van der Waals surface area contributed by atoms with E-state index >= 15 is 0 Å². The highest BCUT2D eigenvalue weighted by molar-refractivity contribution is 6.19. The first-order valence-corrected chi connectivity index (χ1v) is 9.14. The van der Waals surface area contributed by atoms with Crippen LogP contribution in [0.2, 0.25) is 0 Å². The van der Waals surface area contributed by atoms with Crippen molar-refractivity contribution in [3.05, 3.63) is 40.4 Å². The standard InChI is InChI=1S/C19H26ClN3O2/c1-6-15(23(7-2)18(25)19(3,4)12-20)16-21-14-11-9-8-10-13(14)17(24)22(16)5/h8-11,15H,6-7,12H2,1-5H3. The largest absolute Gasteiger partial charge is 0.332 e. The molecular weight excluding hydrogens is 338 g/mol. The Morgan fingerprint density at radius 3 is 2.52 bits per heavy atom. The summed E-state index contributed by atoms with van der Waals surface area (Å²) in [6, 6.07) is 7.01. The number of carbonyl (C=O) groups excluding carboxylic acids is 1. The lowest BCUT2D eigenvalue weighted by molar-refractivity contribution is -0.142. The molecular formula is C19H26ClN3O2. The minimum Gasteiger partial charge on any atom is -0.332 e. The Kier molecular flexibility index (Phi) is 5.88. The number of fused-ring (bicyclic) bond motifs is 1. The molecule has 0 fully saturated rings. The maximum Gasteiger partial charge on any atom is 0.261 e. The highest BCUT2D eigenvalue weighted by atomic mass is 35.5. The van der Waals surface area contributed by atoms with Gasteiger partial charge in [0.05, 0.1) is 22.4 Å². The first kappa shape index (κ1) is 19.4. The maximum atomic E-state index is 13.0. The SMILES string of the molecule is CCC(c1nc2ccccc2c(=O)n1C)N(CC)C(=O)C(C)(C)CCl. The molecule has 0 saturated carbocycles. The van der Waals surface area contributed by atoms with E-state index in [1.165, 1.54) is 0 Å². The minimum absolute atomic E-state index is 0.0285. The zero-order chi connectivity index (χ0) is 18.8. The van der Waals surface area contributed by atoms with Crippen molar-refractivity contribution in [3.8, 4) is 0 Å². The van der Waals surface area contributed by atoms with Crippen molar-refractivity contribution < 1.29 is 4.79 Å². The summed E-state index contributed by atoms with van der Waals surface area (Å²) in [5.41, 5.74) is -0.112. The van der Waals surface area contributed by atoms with Crippen molar-refractivity contribution in [1.82, 2.24) is 14.5 Å². The van der Waals surface area contributed by atoms with Crippen molar-refractivity contribution in [2.45, 2.75) is 40.2 Å². The van der Waals surface area contributed by atoms with E-state index in [4.69, 9.17) is 16.6 Å². The summed E-state index contributed by atoms with van der Waals surface area (Å²) in [5, 5.41) is 0.582. The normalized spacial score (nSPS) is 13.0. The van der Waals surface area contributed by atoms with Crippen LogP contribution in [0.3, 0.4) is 0 Å². The van der Waals surface area contributed by atoms with Crippen LogP contribution < -0.4 is 5.56 Å². The Balaban J connectivity index is 2.60. The Labute approximate surface area is 153 Å². The monoisotopic (exact) mass is 363 g/mol. The molecule has 0 saturated heterocycles. The fourth-order valence-electron chi connectivity index (χ4n) is 3.03. The van der Waals surface area contributed by atoms with Gasteiger partial charge in [-0.05, 0) is 39.3 Å². The zero-order valence-corrected chi connectivity index (χ0v) is 16.3. The van der Waals surface area contributed by atoms with Crippen LogP contribution in [0.25, 0.3) is 10.9 Å². The topological polar surface area (TPSA) is 55.2 Å². The third-order valence-corrected chi connectivity index (χ3v) is 5.26. The molecule has 0 bridgehead atoms. The number of halogens is 1.